The van der Waals surface area contributed by atoms with E-state index in [1.807, 2.05) is 11.8 Å². The van der Waals surface area contributed by atoms with Crippen LogP contribution in [0, 0.1) is 0 Å². The average Bonchev–Trinajstić information content (AvgIpc) is 3.25. The van der Waals surface area contributed by atoms with Crippen molar-refractivity contribution in [3.05, 3.63) is 35.2 Å². The van der Waals surface area contributed by atoms with Crippen molar-refractivity contribution in [1.29, 1.82) is 0 Å². The Bertz CT molecular complexity index is 634. The van der Waals surface area contributed by atoms with Crippen LogP contribution >= 0.6 is 11.8 Å². The molecule has 0 unspecified atom stereocenters. The molecular weight excluding hydrogens is 282 g/mol. The minimum atomic E-state index is 0.645. The number of benzene rings is 1. The number of fused-ring (bicyclic) bond motifs is 1. The second-order valence-corrected chi connectivity index (χ2v) is 7.11. The van der Waals surface area contributed by atoms with E-state index in [9.17, 15) is 0 Å². The highest BCUT2D eigenvalue weighted by Gasteiger charge is 2.18. The number of rotatable bonds is 4. The molecule has 110 valence electrons. The maximum Gasteiger partial charge on any atom is 0.257 e. The number of nitrogens with zero attached hydrogens (tertiary/aromatic N) is 2. The van der Waals surface area contributed by atoms with E-state index in [2.05, 4.69) is 33.7 Å². The molecule has 2 aliphatic rings. The molecule has 0 radical (unpaired) electrons. The minimum absolute atomic E-state index is 0.645. The Morgan fingerprint density at radius 3 is 2.95 bits per heavy atom. The SMILES string of the molecule is c1cc2c(cc1-c1nc(CSC3CCCC3)no1)CNC2. The monoisotopic (exact) mass is 301 g/mol. The van der Waals surface area contributed by atoms with Gasteiger partial charge in [-0.3, -0.25) is 0 Å². The molecule has 0 bridgehead atoms. The van der Waals surface area contributed by atoms with Gasteiger partial charge < -0.3 is 9.84 Å². The van der Waals surface area contributed by atoms with E-state index in [0.29, 0.717) is 5.89 Å². The molecule has 1 N–H and O–H groups in total. The standard InChI is InChI=1S/C16H19N3OS/c1-2-4-14(3-1)21-10-15-18-16(20-19-15)11-5-6-12-8-17-9-13(12)7-11/h5-7,14,17H,1-4,8-10H2. The smallest absolute Gasteiger partial charge is 0.257 e. The van der Waals surface area contributed by atoms with Gasteiger partial charge in [0, 0.05) is 23.9 Å². The largest absolute Gasteiger partial charge is 0.334 e. The normalized spacial score (nSPS) is 18.3. The molecule has 5 heteroatoms. The van der Waals surface area contributed by atoms with Gasteiger partial charge in [-0.2, -0.15) is 16.7 Å². The van der Waals surface area contributed by atoms with Gasteiger partial charge in [-0.05, 0) is 36.1 Å². The molecule has 21 heavy (non-hydrogen) atoms. The third-order valence-electron chi connectivity index (χ3n) is 4.30. The Labute approximate surface area is 128 Å². The third-order valence-corrected chi connectivity index (χ3v) is 5.67. The lowest BCUT2D eigenvalue weighted by Crippen LogP contribution is -1.99. The van der Waals surface area contributed by atoms with Crippen LogP contribution in [-0.4, -0.2) is 15.4 Å². The highest BCUT2D eigenvalue weighted by molar-refractivity contribution is 7.99. The number of hydrogen-bond acceptors (Lipinski definition) is 5. The zero-order valence-corrected chi connectivity index (χ0v) is 12.8. The van der Waals surface area contributed by atoms with Crippen molar-refractivity contribution in [2.45, 2.75) is 49.8 Å². The molecule has 0 atom stereocenters. The van der Waals surface area contributed by atoms with Crippen LogP contribution in [-0.2, 0) is 18.8 Å². The fourth-order valence-corrected chi connectivity index (χ4v) is 4.27. The lowest BCUT2D eigenvalue weighted by Gasteiger charge is -2.04. The van der Waals surface area contributed by atoms with Gasteiger partial charge in [-0.25, -0.2) is 0 Å². The Hall–Kier alpha value is -1.33. The average molecular weight is 301 g/mol. The minimum Gasteiger partial charge on any atom is -0.334 e. The third kappa shape index (κ3) is 2.85. The second-order valence-electron chi connectivity index (χ2n) is 5.82. The molecule has 2 aromatic rings. The lowest BCUT2D eigenvalue weighted by atomic mass is 10.1. The summed E-state index contributed by atoms with van der Waals surface area (Å²) < 4.78 is 5.43. The zero-order chi connectivity index (χ0) is 14.1. The van der Waals surface area contributed by atoms with Crippen LogP contribution in [0.5, 0.6) is 0 Å². The van der Waals surface area contributed by atoms with Crippen molar-refractivity contribution in [1.82, 2.24) is 15.5 Å². The summed E-state index contributed by atoms with van der Waals surface area (Å²) in [7, 11) is 0. The molecule has 1 aliphatic heterocycles. The highest BCUT2D eigenvalue weighted by Crippen LogP contribution is 2.31. The molecule has 1 aliphatic carbocycles. The van der Waals surface area contributed by atoms with Gasteiger partial charge in [0.05, 0.1) is 5.75 Å². The van der Waals surface area contributed by atoms with Gasteiger partial charge in [0.1, 0.15) is 0 Å². The van der Waals surface area contributed by atoms with Gasteiger partial charge in [-0.15, -0.1) is 0 Å². The van der Waals surface area contributed by atoms with Crippen molar-refractivity contribution in [2.24, 2.45) is 0 Å². The predicted molar refractivity (Wildman–Crippen MR) is 83.8 cm³/mol. The maximum atomic E-state index is 5.43. The molecule has 1 saturated carbocycles. The van der Waals surface area contributed by atoms with Gasteiger partial charge in [0.15, 0.2) is 5.82 Å². The molecule has 1 aromatic heterocycles. The summed E-state index contributed by atoms with van der Waals surface area (Å²) in [5, 5.41) is 8.27. The zero-order valence-electron chi connectivity index (χ0n) is 12.0. The highest BCUT2D eigenvalue weighted by atomic mass is 32.2. The van der Waals surface area contributed by atoms with Crippen LogP contribution in [0.15, 0.2) is 22.7 Å². The van der Waals surface area contributed by atoms with Crippen LogP contribution in [0.1, 0.15) is 42.6 Å². The summed E-state index contributed by atoms with van der Waals surface area (Å²) in [4.78, 5) is 4.55. The molecule has 4 nitrogen and oxygen atoms in total. The molecule has 4 rings (SSSR count). The van der Waals surface area contributed by atoms with Crippen molar-refractivity contribution < 1.29 is 4.52 Å². The van der Waals surface area contributed by atoms with Crippen LogP contribution in [0.3, 0.4) is 0 Å². The van der Waals surface area contributed by atoms with E-state index in [0.717, 1.165) is 35.5 Å². The Kier molecular flexibility index (Phi) is 3.69. The molecule has 0 saturated heterocycles. The van der Waals surface area contributed by atoms with Gasteiger partial charge in [0.25, 0.3) is 5.89 Å². The van der Waals surface area contributed by atoms with Crippen LogP contribution in [0.25, 0.3) is 11.5 Å². The van der Waals surface area contributed by atoms with Gasteiger partial charge in [-0.1, -0.05) is 24.1 Å². The Balaban J connectivity index is 1.46. The molecule has 0 spiro atoms. The van der Waals surface area contributed by atoms with E-state index in [-0.39, 0.29) is 0 Å². The molecule has 1 fully saturated rings. The summed E-state index contributed by atoms with van der Waals surface area (Å²) in [6.07, 6.45) is 5.43. The maximum absolute atomic E-state index is 5.43. The predicted octanol–water partition coefficient (Wildman–Crippen LogP) is 3.52. The molecule has 2 heterocycles. The fourth-order valence-electron chi connectivity index (χ4n) is 3.11. The topological polar surface area (TPSA) is 51.0 Å². The summed E-state index contributed by atoms with van der Waals surface area (Å²) >= 11 is 1.97. The first kappa shape index (κ1) is 13.3. The van der Waals surface area contributed by atoms with Gasteiger partial charge >= 0.3 is 0 Å². The summed E-state index contributed by atoms with van der Waals surface area (Å²) in [5.41, 5.74) is 3.74. The van der Waals surface area contributed by atoms with Crippen LogP contribution < -0.4 is 5.32 Å². The summed E-state index contributed by atoms with van der Waals surface area (Å²) in [5.74, 6) is 2.33. The van der Waals surface area contributed by atoms with Crippen molar-refractivity contribution in [3.8, 4) is 11.5 Å². The van der Waals surface area contributed by atoms with E-state index >= 15 is 0 Å². The summed E-state index contributed by atoms with van der Waals surface area (Å²) in [6, 6.07) is 6.39. The molecule has 1 aromatic carbocycles. The van der Waals surface area contributed by atoms with E-state index in [1.165, 1.54) is 36.8 Å². The lowest BCUT2D eigenvalue weighted by molar-refractivity contribution is 0.425. The number of aromatic nitrogens is 2. The Morgan fingerprint density at radius 1 is 1.19 bits per heavy atom. The van der Waals surface area contributed by atoms with Crippen LogP contribution in [0.2, 0.25) is 0 Å². The number of thioether (sulfide) groups is 1. The first-order valence-corrected chi connectivity index (χ1v) is 8.70. The molecular formula is C16H19N3OS. The van der Waals surface area contributed by atoms with Crippen molar-refractivity contribution in [3.63, 3.8) is 0 Å². The van der Waals surface area contributed by atoms with E-state index in [1.54, 1.807) is 0 Å². The first-order chi connectivity index (χ1) is 10.4. The van der Waals surface area contributed by atoms with Crippen molar-refractivity contribution >= 4 is 11.8 Å². The fraction of sp³-hybridized carbons (Fsp3) is 0.500. The first-order valence-electron chi connectivity index (χ1n) is 7.65. The summed E-state index contributed by atoms with van der Waals surface area (Å²) in [6.45, 7) is 1.89. The molecule has 0 amide bonds. The number of nitrogens with one attached hydrogen (secondary N) is 1. The Morgan fingerprint density at radius 2 is 2.05 bits per heavy atom. The van der Waals surface area contributed by atoms with Crippen LogP contribution in [0.4, 0.5) is 0 Å². The second kappa shape index (κ2) is 5.81. The van der Waals surface area contributed by atoms with E-state index in [4.69, 9.17) is 4.52 Å². The number of hydrogen-bond donors (Lipinski definition) is 1. The quantitative estimate of drug-likeness (QED) is 0.936. The van der Waals surface area contributed by atoms with Crippen molar-refractivity contribution in [2.75, 3.05) is 0 Å². The van der Waals surface area contributed by atoms with E-state index < -0.39 is 0 Å². The van der Waals surface area contributed by atoms with Gasteiger partial charge in [0.2, 0.25) is 0 Å².